The minimum absolute atomic E-state index is 0.0371. The average molecular weight is 314 g/mol. The maximum atomic E-state index is 12.4. The number of benzene rings is 1. The van der Waals surface area contributed by atoms with E-state index in [2.05, 4.69) is 5.32 Å². The zero-order valence-corrected chi connectivity index (χ0v) is 12.5. The van der Waals surface area contributed by atoms with Crippen molar-refractivity contribution in [3.05, 3.63) is 38.9 Å². The van der Waals surface area contributed by atoms with Gasteiger partial charge in [-0.15, -0.1) is 0 Å². The van der Waals surface area contributed by atoms with Crippen molar-refractivity contribution in [2.45, 2.75) is 13.3 Å². The summed E-state index contributed by atoms with van der Waals surface area (Å²) in [7, 11) is 1.48. The van der Waals surface area contributed by atoms with Gasteiger partial charge in [0.05, 0.1) is 11.5 Å². The van der Waals surface area contributed by atoms with Gasteiger partial charge in [0.1, 0.15) is 5.02 Å². The van der Waals surface area contributed by atoms with Crippen LogP contribution < -0.4 is 5.32 Å². The van der Waals surface area contributed by atoms with Gasteiger partial charge in [0, 0.05) is 25.2 Å². The number of hydrogen-bond acceptors (Lipinski definition) is 4. The Morgan fingerprint density at radius 1 is 1.43 bits per heavy atom. The van der Waals surface area contributed by atoms with Gasteiger partial charge in [0.25, 0.3) is 11.6 Å². The first-order chi connectivity index (χ1) is 9.90. The molecule has 1 aromatic carbocycles. The number of carbonyl (C=O) groups excluding carboxylic acids is 2. The third kappa shape index (κ3) is 4.42. The summed E-state index contributed by atoms with van der Waals surface area (Å²) in [5.41, 5.74) is -0.206. The molecular weight excluding hydrogens is 298 g/mol. The molecule has 0 radical (unpaired) electrons. The number of nitro groups is 1. The molecule has 0 fully saturated rings. The van der Waals surface area contributed by atoms with Gasteiger partial charge in [-0.2, -0.15) is 0 Å². The summed E-state index contributed by atoms with van der Waals surface area (Å²) < 4.78 is 0. The highest BCUT2D eigenvalue weighted by Crippen LogP contribution is 2.25. The first-order valence-corrected chi connectivity index (χ1v) is 6.72. The summed E-state index contributed by atoms with van der Waals surface area (Å²) in [6.45, 7) is 2.15. The predicted molar refractivity (Wildman–Crippen MR) is 78.4 cm³/mol. The Hall–Kier alpha value is -2.15. The number of hydrogen-bond donors (Lipinski definition) is 1. The van der Waals surface area contributed by atoms with Crippen molar-refractivity contribution in [1.82, 2.24) is 10.2 Å². The van der Waals surface area contributed by atoms with Crippen LogP contribution in [0.1, 0.15) is 23.7 Å². The van der Waals surface area contributed by atoms with E-state index in [0.717, 1.165) is 6.07 Å². The fourth-order valence-corrected chi connectivity index (χ4v) is 1.93. The molecule has 0 spiro atoms. The molecule has 7 nitrogen and oxygen atoms in total. The van der Waals surface area contributed by atoms with E-state index in [0.29, 0.717) is 13.0 Å². The maximum absolute atomic E-state index is 12.4. The van der Waals surface area contributed by atoms with Gasteiger partial charge >= 0.3 is 0 Å². The molecule has 0 bridgehead atoms. The highest BCUT2D eigenvalue weighted by molar-refractivity contribution is 6.32. The van der Waals surface area contributed by atoms with Gasteiger partial charge in [-0.25, -0.2) is 0 Å². The SMILES string of the molecule is CCCN(CC(=O)NC)C(=O)c1ccc(Cl)c([N+](=O)[O-])c1. The first-order valence-electron chi connectivity index (χ1n) is 6.34. The molecule has 0 aliphatic heterocycles. The fourth-order valence-electron chi connectivity index (χ4n) is 1.74. The molecule has 0 atom stereocenters. The summed E-state index contributed by atoms with van der Waals surface area (Å²) in [6, 6.07) is 3.83. The van der Waals surface area contributed by atoms with Crippen LogP contribution >= 0.6 is 11.6 Å². The van der Waals surface area contributed by atoms with Crippen molar-refractivity contribution < 1.29 is 14.5 Å². The van der Waals surface area contributed by atoms with Crippen molar-refractivity contribution in [1.29, 1.82) is 0 Å². The summed E-state index contributed by atoms with van der Waals surface area (Å²) in [5.74, 6) is -0.750. The molecule has 0 unspecified atom stereocenters. The molecule has 0 aromatic heterocycles. The second kappa shape index (κ2) is 7.58. The van der Waals surface area contributed by atoms with E-state index in [1.165, 1.54) is 24.1 Å². The molecule has 21 heavy (non-hydrogen) atoms. The van der Waals surface area contributed by atoms with Crippen LogP contribution in [0.3, 0.4) is 0 Å². The topological polar surface area (TPSA) is 92.6 Å². The predicted octanol–water partition coefficient (Wildman–Crippen LogP) is 1.85. The van der Waals surface area contributed by atoms with Gasteiger partial charge < -0.3 is 10.2 Å². The number of amides is 2. The average Bonchev–Trinajstić information content (AvgIpc) is 2.46. The third-order valence-electron chi connectivity index (χ3n) is 2.78. The number of halogens is 1. The second-order valence-corrected chi connectivity index (χ2v) is 4.73. The van der Waals surface area contributed by atoms with E-state index in [1.807, 2.05) is 6.92 Å². The van der Waals surface area contributed by atoms with Gasteiger partial charge in [-0.05, 0) is 18.6 Å². The summed E-state index contributed by atoms with van der Waals surface area (Å²) in [4.78, 5) is 35.3. The van der Waals surface area contributed by atoms with Crippen LogP contribution in [-0.2, 0) is 4.79 Å². The molecule has 1 rings (SSSR count). The third-order valence-corrected chi connectivity index (χ3v) is 3.10. The molecule has 114 valence electrons. The minimum Gasteiger partial charge on any atom is -0.358 e. The lowest BCUT2D eigenvalue weighted by Crippen LogP contribution is -2.40. The Kier molecular flexibility index (Phi) is 6.10. The Morgan fingerprint density at radius 2 is 2.10 bits per heavy atom. The van der Waals surface area contributed by atoms with Crippen LogP contribution in [0.25, 0.3) is 0 Å². The second-order valence-electron chi connectivity index (χ2n) is 4.32. The Labute approximate surface area is 127 Å². The normalized spacial score (nSPS) is 10.0. The monoisotopic (exact) mass is 313 g/mol. The van der Waals surface area contributed by atoms with Crippen molar-refractivity contribution >= 4 is 29.1 Å². The van der Waals surface area contributed by atoms with Crippen LogP contribution in [0.4, 0.5) is 5.69 Å². The molecular formula is C13H16ClN3O4. The van der Waals surface area contributed by atoms with Gasteiger partial charge in [0.15, 0.2) is 0 Å². The lowest BCUT2D eigenvalue weighted by molar-refractivity contribution is -0.384. The number of likely N-dealkylation sites (N-methyl/N-ethyl adjacent to an activating group) is 1. The number of rotatable bonds is 6. The Bertz CT molecular complexity index is 562. The summed E-state index contributed by atoms with van der Waals surface area (Å²) in [6.07, 6.45) is 0.665. The molecule has 0 aliphatic rings. The van der Waals surface area contributed by atoms with Crippen molar-refractivity contribution in [2.24, 2.45) is 0 Å². The number of nitro benzene ring substituents is 1. The van der Waals surface area contributed by atoms with E-state index in [-0.39, 0.29) is 28.7 Å². The number of nitrogens with zero attached hydrogens (tertiary/aromatic N) is 2. The molecule has 1 N–H and O–H groups in total. The van der Waals surface area contributed by atoms with Crippen LogP contribution in [-0.4, -0.2) is 41.8 Å². The van der Waals surface area contributed by atoms with Crippen LogP contribution in [0.5, 0.6) is 0 Å². The highest BCUT2D eigenvalue weighted by Gasteiger charge is 2.21. The fraction of sp³-hybridized carbons (Fsp3) is 0.385. The molecule has 8 heteroatoms. The van der Waals surface area contributed by atoms with Crippen molar-refractivity contribution in [3.8, 4) is 0 Å². The Balaban J connectivity index is 3.06. The van der Waals surface area contributed by atoms with Crippen molar-refractivity contribution in [2.75, 3.05) is 20.1 Å². The quantitative estimate of drug-likeness (QED) is 0.640. The molecule has 0 aliphatic carbocycles. The lowest BCUT2D eigenvalue weighted by Gasteiger charge is -2.21. The molecule has 2 amide bonds. The van der Waals surface area contributed by atoms with E-state index >= 15 is 0 Å². The molecule has 0 saturated carbocycles. The highest BCUT2D eigenvalue weighted by atomic mass is 35.5. The largest absolute Gasteiger partial charge is 0.358 e. The van der Waals surface area contributed by atoms with Gasteiger partial charge in [-0.1, -0.05) is 18.5 Å². The number of carbonyl (C=O) groups is 2. The zero-order valence-electron chi connectivity index (χ0n) is 11.8. The zero-order chi connectivity index (χ0) is 16.0. The van der Waals surface area contributed by atoms with Crippen LogP contribution in [0, 0.1) is 10.1 Å². The van der Waals surface area contributed by atoms with Gasteiger partial charge in [-0.3, -0.25) is 19.7 Å². The first kappa shape index (κ1) is 16.9. The summed E-state index contributed by atoms with van der Waals surface area (Å²) >= 11 is 5.71. The Morgan fingerprint density at radius 3 is 2.62 bits per heavy atom. The van der Waals surface area contributed by atoms with E-state index < -0.39 is 10.8 Å². The summed E-state index contributed by atoms with van der Waals surface area (Å²) in [5, 5.41) is 13.2. The van der Waals surface area contributed by atoms with E-state index in [9.17, 15) is 19.7 Å². The molecule has 0 heterocycles. The standard InChI is InChI=1S/C13H16ClN3O4/c1-3-6-16(8-12(18)15-2)13(19)9-4-5-10(14)11(7-9)17(20)21/h4-5,7H,3,6,8H2,1-2H3,(H,15,18). The van der Waals surface area contributed by atoms with E-state index in [1.54, 1.807) is 0 Å². The van der Waals surface area contributed by atoms with Crippen molar-refractivity contribution in [3.63, 3.8) is 0 Å². The smallest absolute Gasteiger partial charge is 0.288 e. The number of nitrogens with one attached hydrogen (secondary N) is 1. The lowest BCUT2D eigenvalue weighted by atomic mass is 10.1. The van der Waals surface area contributed by atoms with Gasteiger partial charge in [0.2, 0.25) is 5.91 Å². The van der Waals surface area contributed by atoms with E-state index in [4.69, 9.17) is 11.6 Å². The molecule has 1 aromatic rings. The van der Waals surface area contributed by atoms with Crippen LogP contribution in [0.2, 0.25) is 5.02 Å². The minimum atomic E-state index is -0.651. The molecule has 0 saturated heterocycles. The maximum Gasteiger partial charge on any atom is 0.288 e. The van der Waals surface area contributed by atoms with Crippen LogP contribution in [0.15, 0.2) is 18.2 Å².